The number of benzene rings is 1. The summed E-state index contributed by atoms with van der Waals surface area (Å²) in [5.41, 5.74) is 3.46. The van der Waals surface area contributed by atoms with Crippen LogP contribution < -0.4 is 5.32 Å². The van der Waals surface area contributed by atoms with Gasteiger partial charge < -0.3 is 15.0 Å². The van der Waals surface area contributed by atoms with Crippen molar-refractivity contribution >= 4 is 5.91 Å². The molecule has 1 saturated carbocycles. The molecule has 21 heavy (non-hydrogen) atoms. The fourth-order valence-electron chi connectivity index (χ4n) is 3.38. The summed E-state index contributed by atoms with van der Waals surface area (Å²) in [6.07, 6.45) is 3.40. The zero-order valence-electron chi connectivity index (χ0n) is 12.3. The van der Waals surface area contributed by atoms with Crippen LogP contribution in [0.4, 0.5) is 0 Å². The van der Waals surface area contributed by atoms with Crippen LogP contribution in [0.5, 0.6) is 0 Å². The lowest BCUT2D eigenvalue weighted by atomic mass is 10.0. The van der Waals surface area contributed by atoms with Gasteiger partial charge in [0.25, 0.3) is 5.91 Å². The summed E-state index contributed by atoms with van der Waals surface area (Å²) in [4.78, 5) is 15.0. The lowest BCUT2D eigenvalue weighted by Gasteiger charge is -2.25. The van der Waals surface area contributed by atoms with E-state index in [1.165, 1.54) is 11.1 Å². The van der Waals surface area contributed by atoms with E-state index in [2.05, 4.69) is 22.3 Å². The zero-order valence-corrected chi connectivity index (χ0v) is 12.3. The summed E-state index contributed by atoms with van der Waals surface area (Å²) < 4.78 is 5.46. The summed E-state index contributed by atoms with van der Waals surface area (Å²) >= 11 is 0. The van der Waals surface area contributed by atoms with Crippen LogP contribution in [0.15, 0.2) is 18.2 Å². The van der Waals surface area contributed by atoms with Crippen LogP contribution in [0.2, 0.25) is 0 Å². The van der Waals surface area contributed by atoms with Crippen molar-refractivity contribution in [1.82, 2.24) is 10.2 Å². The summed E-state index contributed by atoms with van der Waals surface area (Å²) in [5, 5.41) is 3.34. The van der Waals surface area contributed by atoms with Crippen molar-refractivity contribution in [2.24, 2.45) is 5.92 Å². The monoisotopic (exact) mass is 286 g/mol. The Morgan fingerprint density at radius 2 is 2.10 bits per heavy atom. The first-order chi connectivity index (χ1) is 10.3. The highest BCUT2D eigenvalue weighted by molar-refractivity contribution is 5.95. The van der Waals surface area contributed by atoms with Gasteiger partial charge in [-0.15, -0.1) is 0 Å². The van der Waals surface area contributed by atoms with E-state index < -0.39 is 0 Å². The van der Waals surface area contributed by atoms with Gasteiger partial charge in [-0.25, -0.2) is 0 Å². The Morgan fingerprint density at radius 3 is 2.86 bits per heavy atom. The van der Waals surface area contributed by atoms with Crippen molar-refractivity contribution in [2.75, 3.05) is 19.8 Å². The molecule has 0 bridgehead atoms. The van der Waals surface area contributed by atoms with Crippen molar-refractivity contribution in [3.05, 3.63) is 34.9 Å². The molecule has 1 atom stereocenters. The number of hydrogen-bond donors (Lipinski definition) is 1. The summed E-state index contributed by atoms with van der Waals surface area (Å²) in [6.45, 7) is 4.33. The van der Waals surface area contributed by atoms with Gasteiger partial charge in [0.2, 0.25) is 0 Å². The number of ether oxygens (including phenoxy) is 1. The Balaban J connectivity index is 1.53. The minimum absolute atomic E-state index is 0.208. The van der Waals surface area contributed by atoms with Crippen LogP contribution >= 0.6 is 0 Å². The predicted molar refractivity (Wildman–Crippen MR) is 80.0 cm³/mol. The molecule has 2 aliphatic heterocycles. The Bertz CT molecular complexity index is 548. The second-order valence-electron chi connectivity index (χ2n) is 6.51. The van der Waals surface area contributed by atoms with Crippen molar-refractivity contribution in [3.63, 3.8) is 0 Å². The third-order valence-corrected chi connectivity index (χ3v) is 4.81. The molecular weight excluding hydrogens is 264 g/mol. The average Bonchev–Trinajstić information content (AvgIpc) is 3.02. The molecule has 1 unspecified atom stereocenters. The summed E-state index contributed by atoms with van der Waals surface area (Å²) in [5.74, 6) is 0.727. The molecule has 2 heterocycles. The zero-order chi connectivity index (χ0) is 14.2. The molecule has 0 spiro atoms. The molecule has 0 aromatic heterocycles. The number of nitrogens with zero attached hydrogens (tertiary/aromatic N) is 1. The quantitative estimate of drug-likeness (QED) is 0.919. The first kappa shape index (κ1) is 13.3. The highest BCUT2D eigenvalue weighted by atomic mass is 16.5. The highest BCUT2D eigenvalue weighted by Gasteiger charge is 2.35. The van der Waals surface area contributed by atoms with E-state index >= 15 is 0 Å². The lowest BCUT2D eigenvalue weighted by Crippen LogP contribution is -2.37. The van der Waals surface area contributed by atoms with E-state index in [1.807, 2.05) is 6.07 Å². The Labute approximate surface area is 125 Å². The van der Waals surface area contributed by atoms with Crippen LogP contribution in [0.25, 0.3) is 0 Å². The molecule has 3 aliphatic rings. The first-order valence-corrected chi connectivity index (χ1v) is 8.02. The number of rotatable bonds is 4. The van der Waals surface area contributed by atoms with Crippen molar-refractivity contribution in [1.29, 1.82) is 0 Å². The normalized spacial score (nSPS) is 24.1. The van der Waals surface area contributed by atoms with Crippen molar-refractivity contribution in [2.45, 2.75) is 38.4 Å². The van der Waals surface area contributed by atoms with Gasteiger partial charge >= 0.3 is 0 Å². The number of hydrogen-bond acceptors (Lipinski definition) is 3. The fraction of sp³-hybridized carbons (Fsp3) is 0.588. The fourth-order valence-corrected chi connectivity index (χ4v) is 3.38. The molecule has 1 aromatic rings. The highest BCUT2D eigenvalue weighted by Crippen LogP contribution is 2.31. The molecule has 1 amide bonds. The number of nitrogens with one attached hydrogen (secondary N) is 1. The Kier molecular flexibility index (Phi) is 3.43. The molecule has 4 rings (SSSR count). The van der Waals surface area contributed by atoms with E-state index in [0.717, 1.165) is 57.7 Å². The van der Waals surface area contributed by atoms with Gasteiger partial charge in [0.05, 0.1) is 6.61 Å². The third kappa shape index (κ3) is 2.70. The average molecular weight is 286 g/mol. The number of carbonyl (C=O) groups excluding carboxylic acids is 1. The summed E-state index contributed by atoms with van der Waals surface area (Å²) in [6, 6.07) is 6.64. The van der Waals surface area contributed by atoms with E-state index in [-0.39, 0.29) is 5.91 Å². The smallest absolute Gasteiger partial charge is 0.254 e. The van der Waals surface area contributed by atoms with Gasteiger partial charge in [0, 0.05) is 43.8 Å². The molecule has 0 radical (unpaired) electrons. The largest absolute Gasteiger partial charge is 0.381 e. The van der Waals surface area contributed by atoms with Gasteiger partial charge in [-0.05, 0) is 42.5 Å². The predicted octanol–water partition coefficient (Wildman–Crippen LogP) is 1.93. The van der Waals surface area contributed by atoms with Crippen LogP contribution in [0.1, 0.15) is 40.7 Å². The molecule has 2 fully saturated rings. The summed E-state index contributed by atoms with van der Waals surface area (Å²) in [7, 11) is 0. The van der Waals surface area contributed by atoms with E-state index in [0.29, 0.717) is 12.0 Å². The molecule has 1 N–H and O–H groups in total. The molecule has 1 aromatic carbocycles. The van der Waals surface area contributed by atoms with E-state index in [1.54, 1.807) is 0 Å². The van der Waals surface area contributed by atoms with Crippen LogP contribution in [-0.2, 0) is 17.8 Å². The van der Waals surface area contributed by atoms with Gasteiger partial charge in [-0.2, -0.15) is 0 Å². The molecule has 4 nitrogen and oxygen atoms in total. The third-order valence-electron chi connectivity index (χ3n) is 4.81. The molecular formula is C17H22N2O2. The molecule has 1 aliphatic carbocycles. The Morgan fingerprint density at radius 1 is 1.24 bits per heavy atom. The van der Waals surface area contributed by atoms with E-state index in [9.17, 15) is 4.79 Å². The minimum Gasteiger partial charge on any atom is -0.381 e. The second kappa shape index (κ2) is 5.43. The van der Waals surface area contributed by atoms with Crippen molar-refractivity contribution in [3.8, 4) is 0 Å². The van der Waals surface area contributed by atoms with Crippen LogP contribution in [-0.4, -0.2) is 36.6 Å². The standard InChI is InChI=1S/C17H22N2O2/c20-17(13-1-2-14-8-18-9-15(14)7-13)19(16-3-4-16)10-12-5-6-21-11-12/h1-2,7,12,16,18H,3-6,8-11H2. The minimum atomic E-state index is 0.208. The number of carbonyl (C=O) groups is 1. The molecule has 1 saturated heterocycles. The maximum atomic E-state index is 12.9. The first-order valence-electron chi connectivity index (χ1n) is 8.02. The number of fused-ring (bicyclic) bond motifs is 1. The van der Waals surface area contributed by atoms with Gasteiger partial charge in [0.15, 0.2) is 0 Å². The van der Waals surface area contributed by atoms with Crippen molar-refractivity contribution < 1.29 is 9.53 Å². The molecule has 112 valence electrons. The Hall–Kier alpha value is -1.39. The van der Waals surface area contributed by atoms with Crippen LogP contribution in [0, 0.1) is 5.92 Å². The van der Waals surface area contributed by atoms with Crippen LogP contribution in [0.3, 0.4) is 0 Å². The van der Waals surface area contributed by atoms with Gasteiger partial charge in [-0.1, -0.05) is 6.07 Å². The number of amides is 1. The lowest BCUT2D eigenvalue weighted by molar-refractivity contribution is 0.0706. The maximum Gasteiger partial charge on any atom is 0.254 e. The van der Waals surface area contributed by atoms with Gasteiger partial charge in [-0.3, -0.25) is 4.79 Å². The molecule has 4 heteroatoms. The SMILES string of the molecule is O=C(c1ccc2c(c1)CNC2)N(CC1CCOC1)C1CC1. The van der Waals surface area contributed by atoms with Gasteiger partial charge in [0.1, 0.15) is 0 Å². The second-order valence-corrected chi connectivity index (χ2v) is 6.51. The topological polar surface area (TPSA) is 41.6 Å². The maximum absolute atomic E-state index is 12.9. The van der Waals surface area contributed by atoms with E-state index in [4.69, 9.17) is 4.74 Å².